The Morgan fingerprint density at radius 3 is 2.67 bits per heavy atom. The monoisotopic (exact) mass is 209 g/mol. The lowest BCUT2D eigenvalue weighted by Crippen LogP contribution is -2.29. The molecule has 0 aliphatic carbocycles. The molecule has 0 aromatic rings. The molecule has 0 bridgehead atoms. The van der Waals surface area contributed by atoms with Crippen molar-refractivity contribution in [3.05, 3.63) is 0 Å². The highest BCUT2D eigenvalue weighted by Crippen LogP contribution is 2.52. The lowest BCUT2D eigenvalue weighted by molar-refractivity contribution is 0.384. The third kappa shape index (κ3) is 2.35. The van der Waals surface area contributed by atoms with Crippen LogP contribution < -0.4 is 0 Å². The van der Waals surface area contributed by atoms with Crippen LogP contribution in [0, 0.1) is 0 Å². The number of hydrogen-bond acceptors (Lipinski definition) is 2. The summed E-state index contributed by atoms with van der Waals surface area (Å²) in [6.45, 7) is 3.23. The first-order valence-corrected chi connectivity index (χ1v) is 7.92. The Hall–Kier alpha value is 0.700. The largest absolute Gasteiger partial charge is 0.344 e. The van der Waals surface area contributed by atoms with E-state index in [2.05, 4.69) is 31.2 Å². The van der Waals surface area contributed by atoms with Gasteiger partial charge in [0.1, 0.15) is 0 Å². The molecule has 2 nitrogen and oxygen atoms in total. The lowest BCUT2D eigenvalue weighted by Gasteiger charge is -2.39. The van der Waals surface area contributed by atoms with Crippen LogP contribution >= 0.6 is 19.0 Å². The minimum Gasteiger partial charge on any atom is -0.344 e. The van der Waals surface area contributed by atoms with Gasteiger partial charge in [-0.25, -0.2) is 10.0 Å². The number of rotatable bonds is 3. The Morgan fingerprint density at radius 2 is 2.25 bits per heavy atom. The average molecular weight is 209 g/mol. The maximum atomic E-state index is 5.48. The molecule has 1 heterocycles. The Morgan fingerprint density at radius 1 is 1.58 bits per heavy atom. The summed E-state index contributed by atoms with van der Waals surface area (Å²) in [5.74, 6) is 1.37. The summed E-state index contributed by atoms with van der Waals surface area (Å²) in [5.41, 5.74) is 0. The topological polar surface area (TPSA) is 12.5 Å². The van der Waals surface area contributed by atoms with E-state index in [0.29, 0.717) is 14.3 Å². The molecule has 1 aliphatic heterocycles. The van der Waals surface area contributed by atoms with Gasteiger partial charge in [-0.1, -0.05) is 6.92 Å². The van der Waals surface area contributed by atoms with Gasteiger partial charge in [0, 0.05) is 0 Å². The number of likely N-dealkylation sites (N-methyl/N-ethyl adjacent to an activating group) is 1. The normalized spacial score (nSPS) is 29.8. The highest BCUT2D eigenvalue weighted by Gasteiger charge is 2.32. The van der Waals surface area contributed by atoms with Crippen molar-refractivity contribution in [2.24, 2.45) is 0 Å². The first kappa shape index (κ1) is 10.8. The average Bonchev–Trinajstić information content (AvgIpc) is 2.35. The molecule has 0 saturated carbocycles. The first-order valence-electron chi connectivity index (χ1n) is 4.38. The maximum absolute atomic E-state index is 5.48. The molecule has 0 aromatic heterocycles. The highest BCUT2D eigenvalue weighted by atomic mass is 32.3. The van der Waals surface area contributed by atoms with Crippen molar-refractivity contribution >= 4 is 19.0 Å². The zero-order valence-electron chi connectivity index (χ0n) is 8.46. The summed E-state index contributed by atoms with van der Waals surface area (Å²) in [6, 6.07) is 0. The van der Waals surface area contributed by atoms with Crippen LogP contribution in [-0.4, -0.2) is 42.0 Å². The second kappa shape index (κ2) is 4.28. The second-order valence-corrected chi connectivity index (χ2v) is 9.17. The molecule has 1 fully saturated rings. The predicted octanol–water partition coefficient (Wildman–Crippen LogP) is 2.26. The summed E-state index contributed by atoms with van der Waals surface area (Å²) in [5, 5.41) is 0.704. The summed E-state index contributed by atoms with van der Waals surface area (Å²) < 4.78 is 7.86. The van der Waals surface area contributed by atoms with E-state index in [9.17, 15) is 0 Å². The van der Waals surface area contributed by atoms with Gasteiger partial charge >= 0.3 is 0 Å². The van der Waals surface area contributed by atoms with E-state index in [1.54, 1.807) is 0 Å². The van der Waals surface area contributed by atoms with Crippen molar-refractivity contribution < 1.29 is 4.52 Å². The van der Waals surface area contributed by atoms with Crippen molar-refractivity contribution in [3.63, 3.8) is 0 Å². The zero-order valence-corrected chi connectivity index (χ0v) is 10.3. The van der Waals surface area contributed by atoms with E-state index < -0.39 is 10.0 Å². The molecule has 12 heavy (non-hydrogen) atoms. The van der Waals surface area contributed by atoms with Crippen molar-refractivity contribution in [2.75, 3.05) is 31.9 Å². The van der Waals surface area contributed by atoms with Crippen LogP contribution in [0.4, 0.5) is 0 Å². The summed E-state index contributed by atoms with van der Waals surface area (Å²) in [7, 11) is 2.32. The van der Waals surface area contributed by atoms with Crippen LogP contribution in [0.25, 0.3) is 0 Å². The van der Waals surface area contributed by atoms with E-state index in [1.807, 2.05) is 0 Å². The predicted molar refractivity (Wildman–Crippen MR) is 60.4 cm³/mol. The Balaban J connectivity index is 2.54. The summed E-state index contributed by atoms with van der Waals surface area (Å²) in [6.07, 6.45) is 6.16. The molecule has 4 heteroatoms. The van der Waals surface area contributed by atoms with Crippen LogP contribution in [0.3, 0.4) is 0 Å². The lowest BCUT2D eigenvalue weighted by atomic mass is 10.6. The van der Waals surface area contributed by atoms with Gasteiger partial charge < -0.3 is 4.52 Å². The third-order valence-electron chi connectivity index (χ3n) is 2.33. The molecule has 1 rings (SSSR count). The van der Waals surface area contributed by atoms with Crippen molar-refractivity contribution in [1.29, 1.82) is 0 Å². The van der Waals surface area contributed by atoms with E-state index in [4.69, 9.17) is 4.52 Å². The molecule has 0 N–H and O–H groups in total. The molecular formula is C8H20NOPS. The van der Waals surface area contributed by atoms with Crippen LogP contribution in [0.1, 0.15) is 13.3 Å². The number of hydrogen-bond donors (Lipinski definition) is 0. The SMILES string of the molecule is CCCS(C)(C)[C@H]1COPN1C. The summed E-state index contributed by atoms with van der Waals surface area (Å²) in [4.78, 5) is 0. The second-order valence-electron chi connectivity index (χ2n) is 3.80. The van der Waals surface area contributed by atoms with Crippen LogP contribution in [0.5, 0.6) is 0 Å². The van der Waals surface area contributed by atoms with Gasteiger partial charge in [0.05, 0.1) is 20.9 Å². The quantitative estimate of drug-likeness (QED) is 0.661. The van der Waals surface area contributed by atoms with Crippen molar-refractivity contribution in [1.82, 2.24) is 4.67 Å². The first-order chi connectivity index (χ1) is 5.58. The minimum absolute atomic E-state index is 0.451. The number of nitrogens with zero attached hydrogens (tertiary/aromatic N) is 1. The van der Waals surface area contributed by atoms with E-state index in [-0.39, 0.29) is 0 Å². The molecule has 1 aliphatic rings. The van der Waals surface area contributed by atoms with Crippen LogP contribution in [-0.2, 0) is 4.52 Å². The van der Waals surface area contributed by atoms with Gasteiger partial charge in [-0.05, 0) is 31.7 Å². The third-order valence-corrected chi connectivity index (χ3v) is 6.80. The maximum Gasteiger partial charge on any atom is 0.0897 e. The minimum atomic E-state index is -0.451. The van der Waals surface area contributed by atoms with Gasteiger partial charge in [-0.2, -0.15) is 0 Å². The fourth-order valence-electron chi connectivity index (χ4n) is 1.66. The molecule has 0 aromatic carbocycles. The summed E-state index contributed by atoms with van der Waals surface area (Å²) >= 11 is 0. The molecule has 1 saturated heterocycles. The van der Waals surface area contributed by atoms with Gasteiger partial charge in [-0.15, -0.1) is 0 Å². The molecule has 0 spiro atoms. The fourth-order valence-corrected chi connectivity index (χ4v) is 6.01. The zero-order chi connectivity index (χ0) is 9.19. The molecule has 1 unspecified atom stereocenters. The van der Waals surface area contributed by atoms with E-state index >= 15 is 0 Å². The molecule has 2 atom stereocenters. The standard InChI is InChI=1S/C8H20NOPS/c1-5-6-12(3,4)8-7-10-11-9(8)2/h8,11H,5-7H2,1-4H3/t8-/m0/s1. The van der Waals surface area contributed by atoms with Crippen molar-refractivity contribution in [2.45, 2.75) is 18.7 Å². The Kier molecular flexibility index (Phi) is 3.84. The smallest absolute Gasteiger partial charge is 0.0897 e. The van der Waals surface area contributed by atoms with E-state index in [1.165, 1.54) is 12.2 Å². The van der Waals surface area contributed by atoms with Crippen molar-refractivity contribution in [3.8, 4) is 0 Å². The van der Waals surface area contributed by atoms with Gasteiger partial charge in [-0.3, -0.25) is 4.67 Å². The van der Waals surface area contributed by atoms with Gasteiger partial charge in [0.25, 0.3) is 0 Å². The van der Waals surface area contributed by atoms with Crippen LogP contribution in [0.2, 0.25) is 0 Å². The van der Waals surface area contributed by atoms with Crippen LogP contribution in [0.15, 0.2) is 0 Å². The Bertz CT molecular complexity index is 154. The highest BCUT2D eigenvalue weighted by molar-refractivity contribution is 8.33. The van der Waals surface area contributed by atoms with Gasteiger partial charge in [0.15, 0.2) is 0 Å². The molecule has 0 radical (unpaired) electrons. The molecule has 74 valence electrons. The van der Waals surface area contributed by atoms with Gasteiger partial charge in [0.2, 0.25) is 0 Å². The molecular weight excluding hydrogens is 189 g/mol. The fraction of sp³-hybridized carbons (Fsp3) is 1.00. The Labute approximate surface area is 79.3 Å². The molecule has 0 amide bonds. The van der Waals surface area contributed by atoms with E-state index in [0.717, 1.165) is 6.61 Å².